The number of rotatable bonds is 1. The van der Waals surface area contributed by atoms with Crippen LogP contribution in [-0.4, -0.2) is 10.3 Å². The van der Waals surface area contributed by atoms with E-state index in [2.05, 4.69) is 0 Å². The Morgan fingerprint density at radius 3 is 3.00 bits per heavy atom. The van der Waals surface area contributed by atoms with Crippen LogP contribution in [0.25, 0.3) is 16.6 Å². The zero-order valence-corrected chi connectivity index (χ0v) is 7.81. The summed E-state index contributed by atoms with van der Waals surface area (Å²) in [6.07, 6.45) is 3.41. The molecule has 1 aromatic carbocycles. The van der Waals surface area contributed by atoms with Crippen LogP contribution in [0.1, 0.15) is 10.4 Å². The van der Waals surface area contributed by atoms with Gasteiger partial charge in [-0.1, -0.05) is 6.07 Å². The number of hydrogen-bond donors (Lipinski definition) is 1. The molecule has 0 saturated carbocycles. The molecule has 4 heteroatoms. The molecule has 0 aliphatic rings. The van der Waals surface area contributed by atoms with E-state index in [4.69, 9.17) is 10.2 Å². The van der Waals surface area contributed by atoms with Gasteiger partial charge in [-0.2, -0.15) is 0 Å². The second kappa shape index (κ2) is 2.63. The molecule has 1 amide bonds. The minimum absolute atomic E-state index is 0.421. The normalized spacial score (nSPS) is 11.2. The first kappa shape index (κ1) is 8.11. The van der Waals surface area contributed by atoms with Gasteiger partial charge in [0.25, 0.3) is 0 Å². The molecule has 2 aromatic heterocycles. The van der Waals surface area contributed by atoms with Crippen LogP contribution < -0.4 is 5.73 Å². The van der Waals surface area contributed by atoms with Crippen molar-refractivity contribution in [2.24, 2.45) is 5.73 Å². The van der Waals surface area contributed by atoms with Crippen LogP contribution in [0, 0.1) is 0 Å². The maximum atomic E-state index is 11.0. The van der Waals surface area contributed by atoms with E-state index in [0.29, 0.717) is 5.56 Å². The predicted octanol–water partition coefficient (Wildman–Crippen LogP) is 1.78. The number of carbonyl (C=O) groups is 1. The Hall–Kier alpha value is -2.23. The first-order valence-electron chi connectivity index (χ1n) is 4.54. The van der Waals surface area contributed by atoms with E-state index in [1.54, 1.807) is 18.4 Å². The van der Waals surface area contributed by atoms with Gasteiger partial charge in [-0.15, -0.1) is 0 Å². The van der Waals surface area contributed by atoms with Crippen LogP contribution in [0.3, 0.4) is 0 Å². The smallest absolute Gasteiger partial charge is 0.248 e. The van der Waals surface area contributed by atoms with E-state index < -0.39 is 5.91 Å². The average molecular weight is 200 g/mol. The maximum absolute atomic E-state index is 11.0. The van der Waals surface area contributed by atoms with Crippen molar-refractivity contribution >= 4 is 22.5 Å². The van der Waals surface area contributed by atoms with Crippen LogP contribution in [0.5, 0.6) is 0 Å². The van der Waals surface area contributed by atoms with Crippen molar-refractivity contribution in [3.8, 4) is 0 Å². The van der Waals surface area contributed by atoms with E-state index in [1.807, 2.05) is 22.7 Å². The lowest BCUT2D eigenvalue weighted by Crippen LogP contribution is -2.10. The lowest BCUT2D eigenvalue weighted by molar-refractivity contribution is 0.100. The zero-order valence-electron chi connectivity index (χ0n) is 7.81. The van der Waals surface area contributed by atoms with E-state index >= 15 is 0 Å². The third-order valence-corrected chi connectivity index (χ3v) is 2.49. The highest BCUT2D eigenvalue weighted by Gasteiger charge is 2.07. The van der Waals surface area contributed by atoms with E-state index in [0.717, 1.165) is 16.6 Å². The lowest BCUT2D eigenvalue weighted by atomic mass is 10.1. The Morgan fingerprint density at radius 2 is 2.20 bits per heavy atom. The molecule has 0 atom stereocenters. The van der Waals surface area contributed by atoms with Crippen LogP contribution in [0.2, 0.25) is 0 Å². The summed E-state index contributed by atoms with van der Waals surface area (Å²) in [5.41, 5.74) is 7.41. The number of carbonyl (C=O) groups excluding carboxylic acids is 1. The molecule has 15 heavy (non-hydrogen) atoms. The summed E-state index contributed by atoms with van der Waals surface area (Å²) in [6.45, 7) is 0. The largest absolute Gasteiger partial charge is 0.447 e. The van der Waals surface area contributed by atoms with Gasteiger partial charge in [-0.05, 0) is 12.1 Å². The van der Waals surface area contributed by atoms with Gasteiger partial charge >= 0.3 is 0 Å². The fraction of sp³-hybridized carbons (Fsp3) is 0. The highest BCUT2D eigenvalue weighted by molar-refractivity contribution is 5.98. The molecule has 0 aliphatic heterocycles. The Kier molecular flexibility index (Phi) is 1.42. The number of amides is 1. The summed E-state index contributed by atoms with van der Waals surface area (Å²) in [7, 11) is 0. The minimum Gasteiger partial charge on any atom is -0.447 e. The first-order chi connectivity index (χ1) is 7.25. The summed E-state index contributed by atoms with van der Waals surface area (Å²) in [5.74, 6) is -0.421. The summed E-state index contributed by atoms with van der Waals surface area (Å²) in [5, 5.41) is 1.03. The summed E-state index contributed by atoms with van der Waals surface area (Å²) < 4.78 is 7.13. The van der Waals surface area contributed by atoms with Gasteiger partial charge in [0.1, 0.15) is 6.26 Å². The number of nitrogens with zero attached hydrogens (tertiary/aromatic N) is 1. The van der Waals surface area contributed by atoms with Crippen LogP contribution in [0.4, 0.5) is 0 Å². The standard InChI is InChI=1S/C11H8N2O2/c12-11(14)8-2-1-7-6-10-13(3-4-15-10)9(7)5-8/h1-6H,(H2,12,14). The van der Waals surface area contributed by atoms with Gasteiger partial charge in [-0.25, -0.2) is 0 Å². The lowest BCUT2D eigenvalue weighted by Gasteiger charge is -1.95. The Labute approximate surface area is 84.9 Å². The molecule has 2 N–H and O–H groups in total. The van der Waals surface area contributed by atoms with Crippen LogP contribution in [-0.2, 0) is 0 Å². The van der Waals surface area contributed by atoms with Crippen molar-refractivity contribution in [1.29, 1.82) is 0 Å². The van der Waals surface area contributed by atoms with E-state index in [9.17, 15) is 4.79 Å². The number of benzene rings is 1. The van der Waals surface area contributed by atoms with Gasteiger partial charge in [0, 0.05) is 23.2 Å². The second-order valence-corrected chi connectivity index (χ2v) is 3.39. The molecule has 3 rings (SSSR count). The van der Waals surface area contributed by atoms with Crippen molar-refractivity contribution in [3.63, 3.8) is 0 Å². The van der Waals surface area contributed by atoms with Crippen molar-refractivity contribution < 1.29 is 9.21 Å². The molecule has 74 valence electrons. The topological polar surface area (TPSA) is 60.6 Å². The summed E-state index contributed by atoms with van der Waals surface area (Å²) >= 11 is 0. The molecular formula is C11H8N2O2. The number of primary amides is 1. The molecular weight excluding hydrogens is 192 g/mol. The van der Waals surface area contributed by atoms with Crippen molar-refractivity contribution in [2.45, 2.75) is 0 Å². The van der Waals surface area contributed by atoms with Crippen molar-refractivity contribution in [3.05, 3.63) is 42.3 Å². The number of oxazole rings is 1. The highest BCUT2D eigenvalue weighted by Crippen LogP contribution is 2.21. The Bertz CT molecular complexity index is 663. The molecule has 3 aromatic rings. The second-order valence-electron chi connectivity index (χ2n) is 3.39. The van der Waals surface area contributed by atoms with Gasteiger partial charge in [0.05, 0.1) is 5.52 Å². The van der Waals surface area contributed by atoms with Crippen molar-refractivity contribution in [1.82, 2.24) is 4.40 Å². The molecule has 2 heterocycles. The molecule has 0 spiro atoms. The van der Waals surface area contributed by atoms with E-state index in [-0.39, 0.29) is 0 Å². The van der Waals surface area contributed by atoms with Crippen LogP contribution >= 0.6 is 0 Å². The predicted molar refractivity (Wildman–Crippen MR) is 55.7 cm³/mol. The highest BCUT2D eigenvalue weighted by atomic mass is 16.3. The fourth-order valence-electron chi connectivity index (χ4n) is 1.75. The zero-order chi connectivity index (χ0) is 10.4. The number of fused-ring (bicyclic) bond motifs is 3. The van der Waals surface area contributed by atoms with Crippen LogP contribution in [0.15, 0.2) is 41.1 Å². The quantitative estimate of drug-likeness (QED) is 0.650. The minimum atomic E-state index is -0.421. The Balaban J connectivity index is 2.44. The monoisotopic (exact) mass is 200 g/mol. The number of hydrogen-bond acceptors (Lipinski definition) is 2. The van der Waals surface area contributed by atoms with Crippen molar-refractivity contribution in [2.75, 3.05) is 0 Å². The summed E-state index contributed by atoms with van der Waals surface area (Å²) in [6, 6.07) is 7.25. The third-order valence-electron chi connectivity index (χ3n) is 2.49. The van der Waals surface area contributed by atoms with Gasteiger partial charge in [0.15, 0.2) is 0 Å². The molecule has 0 aliphatic carbocycles. The first-order valence-corrected chi connectivity index (χ1v) is 4.54. The molecule has 4 nitrogen and oxygen atoms in total. The maximum Gasteiger partial charge on any atom is 0.248 e. The number of nitrogens with two attached hydrogens (primary N) is 1. The molecule has 0 fully saturated rings. The average Bonchev–Trinajstić information content (AvgIpc) is 2.75. The van der Waals surface area contributed by atoms with Gasteiger partial charge < -0.3 is 10.2 Å². The molecule has 0 radical (unpaired) electrons. The van der Waals surface area contributed by atoms with Gasteiger partial charge in [-0.3, -0.25) is 9.20 Å². The molecule has 0 bridgehead atoms. The third kappa shape index (κ3) is 1.05. The Morgan fingerprint density at radius 1 is 1.33 bits per heavy atom. The SMILES string of the molecule is NC(=O)c1ccc2cc3occn3c2c1. The number of aromatic nitrogens is 1. The summed E-state index contributed by atoms with van der Waals surface area (Å²) in [4.78, 5) is 11.0. The van der Waals surface area contributed by atoms with Gasteiger partial charge in [0.2, 0.25) is 11.6 Å². The molecule has 0 saturated heterocycles. The fourth-order valence-corrected chi connectivity index (χ4v) is 1.75. The van der Waals surface area contributed by atoms with E-state index in [1.165, 1.54) is 0 Å². The molecule has 0 unspecified atom stereocenters.